The van der Waals surface area contributed by atoms with Gasteiger partial charge in [0, 0.05) is 5.56 Å². The standard InChI is InChI=1S/C16H19ClN2O/c1-9-6-11(3)14(7-10(9)2)15(20)8-19-13(5)16(17)12(4)18-19/h6-7H,8H2,1-5H3. The molecule has 3 nitrogen and oxygen atoms in total. The second-order valence-electron chi connectivity index (χ2n) is 5.32. The van der Waals surface area contributed by atoms with Crippen molar-refractivity contribution in [2.24, 2.45) is 0 Å². The normalized spacial score (nSPS) is 10.9. The lowest BCUT2D eigenvalue weighted by molar-refractivity contribution is 0.0966. The van der Waals surface area contributed by atoms with Gasteiger partial charge in [0.1, 0.15) is 6.54 Å². The molecule has 0 saturated heterocycles. The average Bonchev–Trinajstić information content (AvgIpc) is 2.61. The molecule has 106 valence electrons. The Kier molecular flexibility index (Phi) is 4.00. The SMILES string of the molecule is Cc1cc(C)c(C(=O)Cn2nc(C)c(Cl)c2C)cc1C. The Morgan fingerprint density at radius 2 is 1.70 bits per heavy atom. The topological polar surface area (TPSA) is 34.9 Å². The second-order valence-corrected chi connectivity index (χ2v) is 5.69. The van der Waals surface area contributed by atoms with Crippen molar-refractivity contribution in [3.63, 3.8) is 0 Å². The number of hydrogen-bond donors (Lipinski definition) is 0. The molecule has 0 N–H and O–H groups in total. The van der Waals surface area contributed by atoms with E-state index in [0.29, 0.717) is 5.02 Å². The molecular formula is C16H19ClN2O. The van der Waals surface area contributed by atoms with Gasteiger partial charge in [-0.3, -0.25) is 9.48 Å². The lowest BCUT2D eigenvalue weighted by Gasteiger charge is -2.10. The van der Waals surface area contributed by atoms with Crippen LogP contribution in [0.15, 0.2) is 12.1 Å². The van der Waals surface area contributed by atoms with Gasteiger partial charge in [-0.2, -0.15) is 5.10 Å². The number of halogens is 1. The Morgan fingerprint density at radius 3 is 2.25 bits per heavy atom. The molecule has 0 aliphatic heterocycles. The van der Waals surface area contributed by atoms with Crippen molar-refractivity contribution < 1.29 is 4.79 Å². The van der Waals surface area contributed by atoms with E-state index in [1.807, 2.05) is 33.8 Å². The van der Waals surface area contributed by atoms with Crippen molar-refractivity contribution in [2.75, 3.05) is 0 Å². The van der Waals surface area contributed by atoms with E-state index in [1.165, 1.54) is 5.56 Å². The molecule has 0 fully saturated rings. The fourth-order valence-corrected chi connectivity index (χ4v) is 2.45. The van der Waals surface area contributed by atoms with Gasteiger partial charge in [0.2, 0.25) is 0 Å². The number of Topliss-reactive ketones (excluding diaryl/α,β-unsaturated/α-hetero) is 1. The largest absolute Gasteiger partial charge is 0.292 e. The molecular weight excluding hydrogens is 272 g/mol. The first-order valence-corrected chi connectivity index (χ1v) is 6.99. The van der Waals surface area contributed by atoms with E-state index in [1.54, 1.807) is 4.68 Å². The molecule has 1 heterocycles. The summed E-state index contributed by atoms with van der Waals surface area (Å²) in [7, 11) is 0. The Balaban J connectivity index is 2.33. The molecule has 2 aromatic rings. The Labute approximate surface area is 124 Å². The van der Waals surface area contributed by atoms with Crippen LogP contribution in [0.3, 0.4) is 0 Å². The number of ketones is 1. The Hall–Kier alpha value is -1.61. The fraction of sp³-hybridized carbons (Fsp3) is 0.375. The number of aromatic nitrogens is 2. The highest BCUT2D eigenvalue weighted by Gasteiger charge is 2.15. The number of rotatable bonds is 3. The first-order valence-electron chi connectivity index (χ1n) is 6.61. The maximum absolute atomic E-state index is 12.5. The zero-order chi connectivity index (χ0) is 15.0. The zero-order valence-corrected chi connectivity index (χ0v) is 13.3. The molecule has 4 heteroatoms. The first kappa shape index (κ1) is 14.8. The van der Waals surface area contributed by atoms with Gasteiger partial charge < -0.3 is 0 Å². The van der Waals surface area contributed by atoms with Crippen LogP contribution in [0.2, 0.25) is 5.02 Å². The van der Waals surface area contributed by atoms with Crippen LogP contribution >= 0.6 is 11.6 Å². The summed E-state index contributed by atoms with van der Waals surface area (Å²) in [5.74, 6) is 0.0628. The van der Waals surface area contributed by atoms with Crippen molar-refractivity contribution in [3.05, 3.63) is 50.8 Å². The third-order valence-corrected chi connectivity index (χ3v) is 4.27. The average molecular weight is 291 g/mol. The Morgan fingerprint density at radius 1 is 1.10 bits per heavy atom. The van der Waals surface area contributed by atoms with E-state index in [4.69, 9.17) is 11.6 Å². The molecule has 2 rings (SSSR count). The smallest absolute Gasteiger partial charge is 0.184 e. The maximum Gasteiger partial charge on any atom is 0.184 e. The van der Waals surface area contributed by atoms with E-state index in [2.05, 4.69) is 18.1 Å². The van der Waals surface area contributed by atoms with E-state index >= 15 is 0 Å². The lowest BCUT2D eigenvalue weighted by Crippen LogP contribution is -2.14. The van der Waals surface area contributed by atoms with Gasteiger partial charge in [-0.05, 0) is 57.4 Å². The molecule has 20 heavy (non-hydrogen) atoms. The van der Waals surface area contributed by atoms with Crippen LogP contribution in [0, 0.1) is 34.6 Å². The summed E-state index contributed by atoms with van der Waals surface area (Å²) in [5, 5.41) is 4.94. The van der Waals surface area contributed by atoms with Crippen molar-refractivity contribution in [2.45, 2.75) is 41.2 Å². The third kappa shape index (κ3) is 2.63. The summed E-state index contributed by atoms with van der Waals surface area (Å²) in [6.07, 6.45) is 0. The van der Waals surface area contributed by atoms with Crippen LogP contribution < -0.4 is 0 Å². The number of nitrogens with zero attached hydrogens (tertiary/aromatic N) is 2. The summed E-state index contributed by atoms with van der Waals surface area (Å²) < 4.78 is 1.68. The predicted octanol–water partition coefficient (Wildman–Crippen LogP) is 3.96. The molecule has 1 aromatic heterocycles. The minimum absolute atomic E-state index is 0.0628. The number of aryl methyl sites for hydroxylation is 4. The van der Waals surface area contributed by atoms with Gasteiger partial charge in [0.25, 0.3) is 0 Å². The number of carbonyl (C=O) groups is 1. The number of hydrogen-bond acceptors (Lipinski definition) is 2. The fourth-order valence-electron chi connectivity index (χ4n) is 2.31. The summed E-state index contributed by atoms with van der Waals surface area (Å²) >= 11 is 6.11. The third-order valence-electron chi connectivity index (χ3n) is 3.73. The highest BCUT2D eigenvalue weighted by molar-refractivity contribution is 6.31. The molecule has 0 unspecified atom stereocenters. The van der Waals surface area contributed by atoms with Crippen LogP contribution in [0.1, 0.15) is 38.4 Å². The maximum atomic E-state index is 12.5. The highest BCUT2D eigenvalue weighted by Crippen LogP contribution is 2.20. The summed E-state index contributed by atoms with van der Waals surface area (Å²) in [4.78, 5) is 12.5. The van der Waals surface area contributed by atoms with Gasteiger partial charge in [-0.15, -0.1) is 0 Å². The molecule has 0 radical (unpaired) electrons. The first-order chi connectivity index (χ1) is 9.31. The van der Waals surface area contributed by atoms with Crippen LogP contribution in [-0.2, 0) is 6.54 Å². The van der Waals surface area contributed by atoms with Crippen molar-refractivity contribution >= 4 is 17.4 Å². The van der Waals surface area contributed by atoms with Crippen LogP contribution in [0.4, 0.5) is 0 Å². The minimum atomic E-state index is 0.0628. The molecule has 0 atom stereocenters. The lowest BCUT2D eigenvalue weighted by atomic mass is 9.98. The van der Waals surface area contributed by atoms with Crippen molar-refractivity contribution in [1.82, 2.24) is 9.78 Å². The van der Waals surface area contributed by atoms with E-state index in [0.717, 1.165) is 28.1 Å². The highest BCUT2D eigenvalue weighted by atomic mass is 35.5. The number of benzene rings is 1. The van der Waals surface area contributed by atoms with Gasteiger partial charge in [0.15, 0.2) is 5.78 Å². The van der Waals surface area contributed by atoms with Crippen LogP contribution in [0.5, 0.6) is 0 Å². The monoisotopic (exact) mass is 290 g/mol. The van der Waals surface area contributed by atoms with Gasteiger partial charge >= 0.3 is 0 Å². The molecule has 1 aromatic carbocycles. The second kappa shape index (κ2) is 5.41. The Bertz CT molecular complexity index is 686. The van der Waals surface area contributed by atoms with E-state index in [9.17, 15) is 4.79 Å². The molecule has 0 saturated carbocycles. The van der Waals surface area contributed by atoms with E-state index in [-0.39, 0.29) is 12.3 Å². The number of carbonyl (C=O) groups excluding carboxylic acids is 1. The summed E-state index contributed by atoms with van der Waals surface area (Å²) in [6, 6.07) is 4.01. The van der Waals surface area contributed by atoms with Crippen LogP contribution in [-0.4, -0.2) is 15.6 Å². The van der Waals surface area contributed by atoms with Gasteiger partial charge in [-0.25, -0.2) is 0 Å². The predicted molar refractivity (Wildman–Crippen MR) is 81.7 cm³/mol. The quantitative estimate of drug-likeness (QED) is 0.802. The summed E-state index contributed by atoms with van der Waals surface area (Å²) in [5.41, 5.74) is 5.69. The minimum Gasteiger partial charge on any atom is -0.292 e. The van der Waals surface area contributed by atoms with E-state index < -0.39 is 0 Å². The molecule has 0 spiro atoms. The molecule has 0 aliphatic rings. The molecule has 0 bridgehead atoms. The molecule has 0 amide bonds. The van der Waals surface area contributed by atoms with Crippen molar-refractivity contribution in [1.29, 1.82) is 0 Å². The van der Waals surface area contributed by atoms with Crippen molar-refractivity contribution in [3.8, 4) is 0 Å². The zero-order valence-electron chi connectivity index (χ0n) is 12.5. The summed E-state index contributed by atoms with van der Waals surface area (Å²) in [6.45, 7) is 9.99. The van der Waals surface area contributed by atoms with Crippen LogP contribution in [0.25, 0.3) is 0 Å². The van der Waals surface area contributed by atoms with Gasteiger partial charge in [-0.1, -0.05) is 17.7 Å². The van der Waals surface area contributed by atoms with Gasteiger partial charge in [0.05, 0.1) is 16.4 Å². The molecule has 0 aliphatic carbocycles.